The predicted molar refractivity (Wildman–Crippen MR) is 96.7 cm³/mol. The molecule has 6 nitrogen and oxygen atoms in total. The molecule has 128 valence electrons. The Labute approximate surface area is 146 Å². The molecule has 1 fully saturated rings. The number of aryl methyl sites for hydroxylation is 1. The van der Waals surface area contributed by atoms with E-state index in [0.717, 1.165) is 60.7 Å². The van der Waals surface area contributed by atoms with Crippen molar-refractivity contribution in [3.63, 3.8) is 0 Å². The molecule has 1 saturated heterocycles. The van der Waals surface area contributed by atoms with E-state index in [9.17, 15) is 0 Å². The second kappa shape index (κ2) is 7.01. The summed E-state index contributed by atoms with van der Waals surface area (Å²) in [6.45, 7) is 4.70. The Kier molecular flexibility index (Phi) is 4.41. The fourth-order valence-corrected chi connectivity index (χ4v) is 3.28. The molecule has 1 aliphatic heterocycles. The maximum atomic E-state index is 5.92. The molecule has 0 saturated carbocycles. The fraction of sp³-hybridized carbons (Fsp3) is 0.368. The Morgan fingerprint density at radius 3 is 2.84 bits per heavy atom. The van der Waals surface area contributed by atoms with Crippen LogP contribution >= 0.6 is 0 Å². The molecule has 1 aliphatic rings. The SMILES string of the molecule is Cc1cccnc1OCC1CCN(c2ncnc3cnccc23)CC1. The lowest BCUT2D eigenvalue weighted by Gasteiger charge is -2.33. The van der Waals surface area contributed by atoms with Crippen molar-refractivity contribution >= 4 is 16.7 Å². The molecule has 4 rings (SSSR count). The monoisotopic (exact) mass is 335 g/mol. The molecule has 4 heterocycles. The summed E-state index contributed by atoms with van der Waals surface area (Å²) in [6, 6.07) is 5.95. The number of hydrogen-bond donors (Lipinski definition) is 0. The largest absolute Gasteiger partial charge is 0.477 e. The first-order valence-electron chi connectivity index (χ1n) is 8.65. The summed E-state index contributed by atoms with van der Waals surface area (Å²) in [4.78, 5) is 19.6. The topological polar surface area (TPSA) is 64.0 Å². The number of fused-ring (bicyclic) bond motifs is 1. The van der Waals surface area contributed by atoms with Gasteiger partial charge in [0.25, 0.3) is 0 Å². The van der Waals surface area contributed by atoms with E-state index < -0.39 is 0 Å². The van der Waals surface area contributed by atoms with E-state index in [2.05, 4.69) is 24.8 Å². The van der Waals surface area contributed by atoms with Gasteiger partial charge in [-0.25, -0.2) is 15.0 Å². The van der Waals surface area contributed by atoms with Gasteiger partial charge in [-0.2, -0.15) is 0 Å². The Morgan fingerprint density at radius 2 is 2.00 bits per heavy atom. The van der Waals surface area contributed by atoms with Crippen LogP contribution in [-0.4, -0.2) is 39.6 Å². The second-order valence-corrected chi connectivity index (χ2v) is 6.46. The number of piperidine rings is 1. The van der Waals surface area contributed by atoms with Crippen molar-refractivity contribution in [3.8, 4) is 5.88 Å². The zero-order chi connectivity index (χ0) is 17.1. The molecule has 0 amide bonds. The fourth-order valence-electron chi connectivity index (χ4n) is 3.28. The Hall–Kier alpha value is -2.76. The van der Waals surface area contributed by atoms with Gasteiger partial charge in [-0.05, 0) is 37.8 Å². The molecule has 0 spiro atoms. The number of aromatic nitrogens is 4. The van der Waals surface area contributed by atoms with Gasteiger partial charge < -0.3 is 9.64 Å². The lowest BCUT2D eigenvalue weighted by Crippen LogP contribution is -2.36. The molecule has 0 bridgehead atoms. The van der Waals surface area contributed by atoms with Crippen molar-refractivity contribution in [1.82, 2.24) is 19.9 Å². The van der Waals surface area contributed by atoms with Crippen LogP contribution in [0.2, 0.25) is 0 Å². The van der Waals surface area contributed by atoms with Gasteiger partial charge in [0.1, 0.15) is 12.1 Å². The average molecular weight is 335 g/mol. The smallest absolute Gasteiger partial charge is 0.216 e. The Bertz CT molecular complexity index is 856. The average Bonchev–Trinajstić information content (AvgIpc) is 2.67. The van der Waals surface area contributed by atoms with Crippen LogP contribution in [0.3, 0.4) is 0 Å². The van der Waals surface area contributed by atoms with Crippen molar-refractivity contribution in [1.29, 1.82) is 0 Å². The van der Waals surface area contributed by atoms with Crippen molar-refractivity contribution in [2.45, 2.75) is 19.8 Å². The molecule has 3 aromatic rings. The van der Waals surface area contributed by atoms with E-state index in [4.69, 9.17) is 4.74 Å². The molecule has 6 heteroatoms. The number of pyridine rings is 2. The number of rotatable bonds is 4. The maximum absolute atomic E-state index is 5.92. The summed E-state index contributed by atoms with van der Waals surface area (Å²) in [5.74, 6) is 2.30. The molecular weight excluding hydrogens is 314 g/mol. The lowest BCUT2D eigenvalue weighted by atomic mass is 9.97. The number of hydrogen-bond acceptors (Lipinski definition) is 6. The van der Waals surface area contributed by atoms with Gasteiger partial charge in [0.15, 0.2) is 0 Å². The third-order valence-electron chi connectivity index (χ3n) is 4.75. The van der Waals surface area contributed by atoms with E-state index in [1.165, 1.54) is 0 Å². The molecule has 0 unspecified atom stereocenters. The summed E-state index contributed by atoms with van der Waals surface area (Å²) in [7, 11) is 0. The maximum Gasteiger partial charge on any atom is 0.216 e. The first-order chi connectivity index (χ1) is 12.3. The van der Waals surface area contributed by atoms with Gasteiger partial charge in [0.05, 0.1) is 18.3 Å². The summed E-state index contributed by atoms with van der Waals surface area (Å²) >= 11 is 0. The van der Waals surface area contributed by atoms with E-state index in [1.54, 1.807) is 24.9 Å². The van der Waals surface area contributed by atoms with Crippen molar-refractivity contribution in [3.05, 3.63) is 48.7 Å². The van der Waals surface area contributed by atoms with Crippen LogP contribution < -0.4 is 9.64 Å². The Balaban J connectivity index is 1.39. The van der Waals surface area contributed by atoms with Gasteiger partial charge in [0.2, 0.25) is 5.88 Å². The van der Waals surface area contributed by atoms with Gasteiger partial charge in [-0.1, -0.05) is 6.07 Å². The predicted octanol–water partition coefficient (Wildman–Crippen LogP) is 3.02. The summed E-state index contributed by atoms with van der Waals surface area (Å²) in [5, 5.41) is 1.07. The van der Waals surface area contributed by atoms with Gasteiger partial charge in [-0.15, -0.1) is 0 Å². The zero-order valence-electron chi connectivity index (χ0n) is 14.3. The summed E-state index contributed by atoms with van der Waals surface area (Å²) < 4.78 is 5.92. The van der Waals surface area contributed by atoms with E-state index >= 15 is 0 Å². The van der Waals surface area contributed by atoms with Crippen LogP contribution in [-0.2, 0) is 0 Å². The zero-order valence-corrected chi connectivity index (χ0v) is 14.3. The van der Waals surface area contributed by atoms with Gasteiger partial charge in [-0.3, -0.25) is 4.98 Å². The first-order valence-corrected chi connectivity index (χ1v) is 8.65. The molecule has 0 aromatic carbocycles. The number of nitrogens with zero attached hydrogens (tertiary/aromatic N) is 5. The minimum Gasteiger partial charge on any atom is -0.477 e. The van der Waals surface area contributed by atoms with Crippen LogP contribution in [0.15, 0.2) is 43.1 Å². The summed E-state index contributed by atoms with van der Waals surface area (Å²) in [5.41, 5.74) is 1.98. The molecule has 0 aliphatic carbocycles. The minimum atomic E-state index is 0.549. The van der Waals surface area contributed by atoms with Crippen LogP contribution in [0.4, 0.5) is 5.82 Å². The molecule has 0 atom stereocenters. The third kappa shape index (κ3) is 3.38. The van der Waals surface area contributed by atoms with Crippen molar-refractivity contribution in [2.75, 3.05) is 24.6 Å². The third-order valence-corrected chi connectivity index (χ3v) is 4.75. The first kappa shape index (κ1) is 15.7. The van der Waals surface area contributed by atoms with E-state index in [-0.39, 0.29) is 0 Å². The highest BCUT2D eigenvalue weighted by atomic mass is 16.5. The van der Waals surface area contributed by atoms with Crippen molar-refractivity contribution in [2.24, 2.45) is 5.92 Å². The molecule has 0 N–H and O–H groups in total. The van der Waals surface area contributed by atoms with Crippen LogP contribution in [0.1, 0.15) is 18.4 Å². The van der Waals surface area contributed by atoms with Gasteiger partial charge in [0, 0.05) is 36.4 Å². The van der Waals surface area contributed by atoms with Crippen LogP contribution in [0.5, 0.6) is 5.88 Å². The molecular formula is C19H21N5O. The molecule has 25 heavy (non-hydrogen) atoms. The lowest BCUT2D eigenvalue weighted by molar-refractivity contribution is 0.215. The van der Waals surface area contributed by atoms with Crippen molar-refractivity contribution < 1.29 is 4.74 Å². The van der Waals surface area contributed by atoms with Crippen LogP contribution in [0, 0.1) is 12.8 Å². The highest BCUT2D eigenvalue weighted by Gasteiger charge is 2.22. The number of ether oxygens (including phenoxy) is 1. The normalized spacial score (nSPS) is 15.5. The highest BCUT2D eigenvalue weighted by molar-refractivity contribution is 5.88. The minimum absolute atomic E-state index is 0.549. The quantitative estimate of drug-likeness (QED) is 0.730. The highest BCUT2D eigenvalue weighted by Crippen LogP contribution is 2.27. The van der Waals surface area contributed by atoms with E-state index in [1.807, 2.05) is 25.1 Å². The van der Waals surface area contributed by atoms with Crippen LogP contribution in [0.25, 0.3) is 10.9 Å². The van der Waals surface area contributed by atoms with Gasteiger partial charge >= 0.3 is 0 Å². The second-order valence-electron chi connectivity index (χ2n) is 6.46. The molecule has 0 radical (unpaired) electrons. The standard InChI is InChI=1S/C19H21N5O/c1-14-3-2-7-21-19(14)25-12-15-5-9-24(10-6-15)18-16-4-8-20-11-17(16)22-13-23-18/h2-4,7-8,11,13,15H,5-6,9-10,12H2,1H3. The molecule has 3 aromatic heterocycles. The summed E-state index contributed by atoms with van der Waals surface area (Å²) in [6.07, 6.45) is 9.16. The number of anilines is 1. The van der Waals surface area contributed by atoms with E-state index in [0.29, 0.717) is 5.92 Å². The Morgan fingerprint density at radius 1 is 1.12 bits per heavy atom.